The van der Waals surface area contributed by atoms with Crippen LogP contribution in [0.4, 0.5) is 0 Å². The molecule has 0 radical (unpaired) electrons. The molecule has 0 aliphatic rings. The van der Waals surface area contributed by atoms with Crippen molar-refractivity contribution in [2.75, 3.05) is 28.4 Å². The molecule has 2 aromatic rings. The van der Waals surface area contributed by atoms with Crippen LogP contribution in [0.5, 0.6) is 11.5 Å². The maximum Gasteiger partial charge on any atom is 0.341 e. The molecule has 0 bridgehead atoms. The Kier molecular flexibility index (Phi) is 10.1. The van der Waals surface area contributed by atoms with E-state index in [0.29, 0.717) is 30.4 Å². The van der Waals surface area contributed by atoms with E-state index in [-0.39, 0.29) is 24.0 Å². The lowest BCUT2D eigenvalue weighted by Crippen LogP contribution is -2.36. The van der Waals surface area contributed by atoms with E-state index < -0.39 is 5.97 Å². The summed E-state index contributed by atoms with van der Waals surface area (Å²) >= 11 is 0. The number of halogens is 1. The van der Waals surface area contributed by atoms with E-state index >= 15 is 0 Å². The minimum absolute atomic E-state index is 0. The summed E-state index contributed by atoms with van der Waals surface area (Å²) in [5, 5.41) is 6.47. The van der Waals surface area contributed by atoms with Crippen molar-refractivity contribution >= 4 is 35.9 Å². The summed E-state index contributed by atoms with van der Waals surface area (Å²) in [7, 11) is 6.21. The van der Waals surface area contributed by atoms with Gasteiger partial charge in [0.2, 0.25) is 0 Å². The molecular weight excluding hydrogens is 473 g/mol. The fourth-order valence-corrected chi connectivity index (χ4v) is 2.51. The highest BCUT2D eigenvalue weighted by Crippen LogP contribution is 2.20. The second kappa shape index (κ2) is 12.1. The largest absolute Gasteiger partial charge is 0.497 e. The number of esters is 1. The van der Waals surface area contributed by atoms with Crippen LogP contribution in [0.15, 0.2) is 47.5 Å². The molecule has 7 nitrogen and oxygen atoms in total. The van der Waals surface area contributed by atoms with Gasteiger partial charge >= 0.3 is 5.97 Å². The SMILES string of the molecule is CN=C(NCc1cccc(OC)c1)NCc1ccc(OC)c(C(=O)OC)c1.I. The average Bonchev–Trinajstić information content (AvgIpc) is 2.73. The highest BCUT2D eigenvalue weighted by Gasteiger charge is 2.13. The van der Waals surface area contributed by atoms with Gasteiger partial charge in [-0.1, -0.05) is 18.2 Å². The molecular formula is C20H26IN3O4. The zero-order valence-corrected chi connectivity index (χ0v) is 18.8. The summed E-state index contributed by atoms with van der Waals surface area (Å²) in [5.41, 5.74) is 2.37. The summed E-state index contributed by atoms with van der Waals surface area (Å²) in [4.78, 5) is 16.1. The van der Waals surface area contributed by atoms with Crippen molar-refractivity contribution in [3.8, 4) is 11.5 Å². The number of rotatable bonds is 7. The molecule has 0 fully saturated rings. The zero-order valence-electron chi connectivity index (χ0n) is 16.4. The molecule has 8 heteroatoms. The predicted molar refractivity (Wildman–Crippen MR) is 120 cm³/mol. The maximum atomic E-state index is 11.9. The van der Waals surface area contributed by atoms with E-state index in [9.17, 15) is 4.79 Å². The van der Waals surface area contributed by atoms with Crippen LogP contribution in [-0.4, -0.2) is 40.3 Å². The number of hydrogen-bond donors (Lipinski definition) is 2. The van der Waals surface area contributed by atoms with Gasteiger partial charge in [-0.05, 0) is 35.4 Å². The van der Waals surface area contributed by atoms with E-state index in [1.165, 1.54) is 14.2 Å². The minimum Gasteiger partial charge on any atom is -0.497 e. The number of aliphatic imine (C=N–C) groups is 1. The minimum atomic E-state index is -0.436. The van der Waals surface area contributed by atoms with Gasteiger partial charge in [-0.2, -0.15) is 0 Å². The standard InChI is InChI=1S/C20H25N3O4.HI/c1-21-20(22-12-14-6-5-7-16(10-14)25-2)23-13-15-8-9-18(26-3)17(11-15)19(24)27-4;/h5-11H,12-13H2,1-4H3,(H2,21,22,23);1H. The number of guanidine groups is 1. The number of ether oxygens (including phenoxy) is 3. The van der Waals surface area contributed by atoms with E-state index in [2.05, 4.69) is 15.6 Å². The molecule has 0 unspecified atom stereocenters. The van der Waals surface area contributed by atoms with Crippen LogP contribution >= 0.6 is 24.0 Å². The number of methoxy groups -OCH3 is 3. The van der Waals surface area contributed by atoms with Crippen LogP contribution in [-0.2, 0) is 17.8 Å². The Morgan fingerprint density at radius 2 is 1.64 bits per heavy atom. The van der Waals surface area contributed by atoms with Crippen LogP contribution < -0.4 is 20.1 Å². The Morgan fingerprint density at radius 3 is 2.21 bits per heavy atom. The third-order valence-electron chi connectivity index (χ3n) is 3.95. The highest BCUT2D eigenvalue weighted by molar-refractivity contribution is 14.0. The zero-order chi connectivity index (χ0) is 19.6. The summed E-state index contributed by atoms with van der Waals surface area (Å²) in [6.45, 7) is 1.10. The van der Waals surface area contributed by atoms with Gasteiger partial charge in [0.1, 0.15) is 17.1 Å². The Balaban J connectivity index is 0.00000392. The van der Waals surface area contributed by atoms with Gasteiger partial charge in [-0.3, -0.25) is 4.99 Å². The molecule has 0 aliphatic carbocycles. The first kappa shape index (κ1) is 23.5. The molecule has 0 aromatic heterocycles. The second-order valence-electron chi connectivity index (χ2n) is 5.66. The molecule has 2 N–H and O–H groups in total. The Labute approximate surface area is 182 Å². The average molecular weight is 499 g/mol. The van der Waals surface area contributed by atoms with Gasteiger partial charge in [0, 0.05) is 20.1 Å². The molecule has 0 atom stereocenters. The Bertz CT molecular complexity index is 812. The number of carbonyl (C=O) groups excluding carboxylic acids is 1. The van der Waals surface area contributed by atoms with E-state index in [1.807, 2.05) is 30.3 Å². The lowest BCUT2D eigenvalue weighted by atomic mass is 10.1. The number of nitrogens with zero attached hydrogens (tertiary/aromatic N) is 1. The molecule has 0 spiro atoms. The van der Waals surface area contributed by atoms with Crippen molar-refractivity contribution in [1.29, 1.82) is 0 Å². The highest BCUT2D eigenvalue weighted by atomic mass is 127. The summed E-state index contributed by atoms with van der Waals surface area (Å²) in [5.74, 6) is 1.50. The molecule has 2 rings (SSSR count). The number of benzene rings is 2. The van der Waals surface area contributed by atoms with Gasteiger partial charge in [0.25, 0.3) is 0 Å². The maximum absolute atomic E-state index is 11.9. The van der Waals surface area contributed by atoms with Gasteiger partial charge < -0.3 is 24.8 Å². The van der Waals surface area contributed by atoms with Crippen LogP contribution in [0.25, 0.3) is 0 Å². The molecule has 0 heterocycles. The summed E-state index contributed by atoms with van der Waals surface area (Å²) in [6.07, 6.45) is 0. The lowest BCUT2D eigenvalue weighted by molar-refractivity contribution is 0.0597. The van der Waals surface area contributed by atoms with Crippen LogP contribution in [0, 0.1) is 0 Å². The first-order valence-corrected chi connectivity index (χ1v) is 8.44. The quantitative estimate of drug-likeness (QED) is 0.264. The topological polar surface area (TPSA) is 81.2 Å². The molecule has 2 aromatic carbocycles. The van der Waals surface area contributed by atoms with Gasteiger partial charge in [0.15, 0.2) is 5.96 Å². The third kappa shape index (κ3) is 6.59. The van der Waals surface area contributed by atoms with Crippen molar-refractivity contribution in [3.05, 3.63) is 59.2 Å². The Morgan fingerprint density at radius 1 is 0.964 bits per heavy atom. The van der Waals surface area contributed by atoms with Crippen molar-refractivity contribution in [3.63, 3.8) is 0 Å². The predicted octanol–water partition coefficient (Wildman–Crippen LogP) is 2.97. The smallest absolute Gasteiger partial charge is 0.341 e. The summed E-state index contributed by atoms with van der Waals surface area (Å²) in [6, 6.07) is 13.2. The van der Waals surface area contributed by atoms with Crippen LogP contribution in [0.2, 0.25) is 0 Å². The van der Waals surface area contributed by atoms with E-state index in [0.717, 1.165) is 16.9 Å². The van der Waals surface area contributed by atoms with E-state index in [4.69, 9.17) is 14.2 Å². The molecule has 0 amide bonds. The monoisotopic (exact) mass is 499 g/mol. The van der Waals surface area contributed by atoms with Crippen molar-refractivity contribution in [2.24, 2.45) is 4.99 Å². The van der Waals surface area contributed by atoms with Crippen molar-refractivity contribution < 1.29 is 19.0 Å². The number of hydrogen-bond acceptors (Lipinski definition) is 5. The van der Waals surface area contributed by atoms with Gasteiger partial charge in [-0.15, -0.1) is 24.0 Å². The molecule has 28 heavy (non-hydrogen) atoms. The first-order chi connectivity index (χ1) is 13.1. The van der Waals surface area contributed by atoms with Gasteiger partial charge in [0.05, 0.1) is 21.3 Å². The van der Waals surface area contributed by atoms with Crippen LogP contribution in [0.3, 0.4) is 0 Å². The van der Waals surface area contributed by atoms with Crippen molar-refractivity contribution in [1.82, 2.24) is 10.6 Å². The first-order valence-electron chi connectivity index (χ1n) is 8.44. The molecule has 0 saturated heterocycles. The van der Waals surface area contributed by atoms with Crippen LogP contribution in [0.1, 0.15) is 21.5 Å². The molecule has 152 valence electrons. The second-order valence-corrected chi connectivity index (χ2v) is 5.66. The van der Waals surface area contributed by atoms with E-state index in [1.54, 1.807) is 26.3 Å². The lowest BCUT2D eigenvalue weighted by Gasteiger charge is -2.14. The molecule has 0 saturated carbocycles. The fraction of sp³-hybridized carbons (Fsp3) is 0.300. The normalized spacial score (nSPS) is 10.5. The van der Waals surface area contributed by atoms with Crippen molar-refractivity contribution in [2.45, 2.75) is 13.1 Å². The number of carbonyl (C=O) groups is 1. The number of nitrogens with one attached hydrogen (secondary N) is 2. The molecule has 0 aliphatic heterocycles. The van der Waals surface area contributed by atoms with Gasteiger partial charge in [-0.25, -0.2) is 4.79 Å². The third-order valence-corrected chi connectivity index (χ3v) is 3.95. The summed E-state index contributed by atoms with van der Waals surface area (Å²) < 4.78 is 15.2. The fourth-order valence-electron chi connectivity index (χ4n) is 2.51. The Hall–Kier alpha value is -2.49.